The fourth-order valence-corrected chi connectivity index (χ4v) is 3.60. The molecule has 10 nitrogen and oxygen atoms in total. The number of hydrogen-bond acceptors (Lipinski definition) is 6. The minimum Gasteiger partial charge on any atom is -0.497 e. The number of aryl methyl sites for hydroxylation is 1. The number of carbonyl (C=O) groups excluding carboxylic acids is 2. The van der Waals surface area contributed by atoms with Gasteiger partial charge >= 0.3 is 0 Å². The van der Waals surface area contributed by atoms with Crippen LogP contribution in [-0.2, 0) is 9.59 Å². The molecule has 0 bridgehead atoms. The molecule has 0 saturated carbocycles. The van der Waals surface area contributed by atoms with Gasteiger partial charge in [-0.25, -0.2) is 4.68 Å². The first-order chi connectivity index (χ1) is 14.9. The van der Waals surface area contributed by atoms with Crippen LogP contribution >= 0.6 is 0 Å². The van der Waals surface area contributed by atoms with Crippen molar-refractivity contribution in [1.82, 2.24) is 9.78 Å². The van der Waals surface area contributed by atoms with Gasteiger partial charge < -0.3 is 15.4 Å². The minimum atomic E-state index is -0.858. The Bertz CT molecular complexity index is 1190. The summed E-state index contributed by atoms with van der Waals surface area (Å²) in [5, 5.41) is 20.9. The van der Waals surface area contributed by atoms with Crippen LogP contribution in [0.15, 0.2) is 48.5 Å². The lowest BCUT2D eigenvalue weighted by Gasteiger charge is -2.10. The van der Waals surface area contributed by atoms with E-state index < -0.39 is 16.9 Å². The quantitative estimate of drug-likeness (QED) is 0.464. The molecule has 0 fully saturated rings. The van der Waals surface area contributed by atoms with Crippen LogP contribution in [0.2, 0.25) is 0 Å². The maximum Gasteiger partial charge on any atom is 0.292 e. The number of anilines is 2. The van der Waals surface area contributed by atoms with Crippen LogP contribution < -0.4 is 15.4 Å². The predicted octanol–water partition coefficient (Wildman–Crippen LogP) is 3.30. The molecule has 3 aromatic rings. The number of ether oxygens (including phenoxy) is 1. The minimum absolute atomic E-state index is 0.0756. The summed E-state index contributed by atoms with van der Waals surface area (Å²) in [6, 6.07) is 12.3. The monoisotopic (exact) mass is 421 g/mol. The van der Waals surface area contributed by atoms with Gasteiger partial charge in [-0.05, 0) is 30.7 Å². The number of nitrogens with zero attached hydrogens (tertiary/aromatic N) is 3. The molecule has 2 N–H and O–H groups in total. The van der Waals surface area contributed by atoms with Crippen LogP contribution in [0.3, 0.4) is 0 Å². The van der Waals surface area contributed by atoms with E-state index in [1.54, 1.807) is 13.2 Å². The van der Waals surface area contributed by atoms with E-state index >= 15 is 0 Å². The number of rotatable bonds is 6. The fraction of sp³-hybridized carbons (Fsp3) is 0.190. The Balaban J connectivity index is 1.58. The molecule has 10 heteroatoms. The van der Waals surface area contributed by atoms with Crippen LogP contribution in [0, 0.1) is 17.0 Å². The number of para-hydroxylation sites is 2. The molecule has 31 heavy (non-hydrogen) atoms. The number of methoxy groups -OCH3 is 1. The summed E-state index contributed by atoms with van der Waals surface area (Å²) in [7, 11) is 1.58. The Morgan fingerprint density at radius 2 is 1.97 bits per heavy atom. The molecule has 1 atom stereocenters. The zero-order valence-corrected chi connectivity index (χ0v) is 16.8. The Kier molecular flexibility index (Phi) is 5.12. The topological polar surface area (TPSA) is 128 Å². The molecule has 0 saturated heterocycles. The third-order valence-electron chi connectivity index (χ3n) is 5.06. The van der Waals surface area contributed by atoms with Gasteiger partial charge in [0.05, 0.1) is 24.1 Å². The van der Waals surface area contributed by atoms with E-state index in [4.69, 9.17) is 4.74 Å². The Morgan fingerprint density at radius 1 is 1.26 bits per heavy atom. The van der Waals surface area contributed by atoms with Crippen molar-refractivity contribution in [1.29, 1.82) is 0 Å². The predicted molar refractivity (Wildman–Crippen MR) is 113 cm³/mol. The molecule has 4 rings (SSSR count). The van der Waals surface area contributed by atoms with Crippen LogP contribution in [0.25, 0.3) is 11.1 Å². The Morgan fingerprint density at radius 3 is 2.65 bits per heavy atom. The first-order valence-corrected chi connectivity index (χ1v) is 9.46. The molecule has 0 spiro atoms. The van der Waals surface area contributed by atoms with E-state index in [-0.39, 0.29) is 23.7 Å². The molecule has 0 aliphatic carbocycles. The van der Waals surface area contributed by atoms with E-state index in [0.29, 0.717) is 17.3 Å². The van der Waals surface area contributed by atoms with Gasteiger partial charge in [-0.2, -0.15) is 5.10 Å². The van der Waals surface area contributed by atoms with Crippen LogP contribution in [0.1, 0.15) is 18.2 Å². The SMILES string of the molecule is COc1ccc(-c2c(C)nn3c2NC(=O)C3CC(=O)Nc2ccccc2[N+](=O)[O-])cc1. The largest absolute Gasteiger partial charge is 0.497 e. The molecule has 1 aromatic heterocycles. The molecule has 1 unspecified atom stereocenters. The summed E-state index contributed by atoms with van der Waals surface area (Å²) < 4.78 is 6.68. The summed E-state index contributed by atoms with van der Waals surface area (Å²) in [6.45, 7) is 1.82. The van der Waals surface area contributed by atoms with Crippen molar-refractivity contribution in [3.05, 3.63) is 64.3 Å². The molecule has 0 radical (unpaired) electrons. The van der Waals surface area contributed by atoms with Gasteiger partial charge in [0.25, 0.3) is 11.6 Å². The molecule has 1 aliphatic heterocycles. The second-order valence-corrected chi connectivity index (χ2v) is 7.01. The summed E-state index contributed by atoms with van der Waals surface area (Å²) in [5.41, 5.74) is 2.17. The van der Waals surface area contributed by atoms with Crippen LogP contribution in [0.5, 0.6) is 5.75 Å². The number of nitro benzene ring substituents is 1. The number of hydrogen-bond donors (Lipinski definition) is 2. The summed E-state index contributed by atoms with van der Waals surface area (Å²) >= 11 is 0. The molecule has 2 aromatic carbocycles. The van der Waals surface area contributed by atoms with E-state index in [2.05, 4.69) is 15.7 Å². The van der Waals surface area contributed by atoms with E-state index in [9.17, 15) is 19.7 Å². The average molecular weight is 421 g/mol. The van der Waals surface area contributed by atoms with Crippen molar-refractivity contribution in [3.63, 3.8) is 0 Å². The lowest BCUT2D eigenvalue weighted by molar-refractivity contribution is -0.383. The van der Waals surface area contributed by atoms with Gasteiger partial charge in [-0.1, -0.05) is 24.3 Å². The van der Waals surface area contributed by atoms with Crippen molar-refractivity contribution in [2.24, 2.45) is 0 Å². The second-order valence-electron chi connectivity index (χ2n) is 7.01. The van der Waals surface area contributed by atoms with Gasteiger partial charge in [0.15, 0.2) is 0 Å². The summed E-state index contributed by atoms with van der Waals surface area (Å²) in [6.07, 6.45) is -0.214. The number of amides is 2. The van der Waals surface area contributed by atoms with Gasteiger partial charge in [0.1, 0.15) is 23.3 Å². The zero-order chi connectivity index (χ0) is 22.1. The number of fused-ring (bicyclic) bond motifs is 1. The van der Waals surface area contributed by atoms with Crippen molar-refractivity contribution in [2.45, 2.75) is 19.4 Å². The lowest BCUT2D eigenvalue weighted by atomic mass is 10.1. The van der Waals surface area contributed by atoms with Gasteiger partial charge in [-0.3, -0.25) is 19.7 Å². The van der Waals surface area contributed by atoms with Crippen molar-refractivity contribution in [2.75, 3.05) is 17.7 Å². The summed E-state index contributed by atoms with van der Waals surface area (Å²) in [5.74, 6) is 0.325. The second kappa shape index (κ2) is 7.90. The van der Waals surface area contributed by atoms with E-state index in [0.717, 1.165) is 11.1 Å². The van der Waals surface area contributed by atoms with Crippen LogP contribution in [-0.4, -0.2) is 33.6 Å². The fourth-order valence-electron chi connectivity index (χ4n) is 3.60. The average Bonchev–Trinajstić information content (AvgIpc) is 3.22. The third kappa shape index (κ3) is 3.70. The first kappa shape index (κ1) is 20.1. The smallest absolute Gasteiger partial charge is 0.292 e. The number of aromatic nitrogens is 2. The summed E-state index contributed by atoms with van der Waals surface area (Å²) in [4.78, 5) is 35.7. The maximum atomic E-state index is 12.6. The molecule has 2 heterocycles. The maximum absolute atomic E-state index is 12.6. The number of nitro groups is 1. The van der Waals surface area contributed by atoms with Gasteiger partial charge in [0.2, 0.25) is 5.91 Å². The lowest BCUT2D eigenvalue weighted by Crippen LogP contribution is -2.24. The Hall–Kier alpha value is -4.21. The number of benzene rings is 2. The highest BCUT2D eigenvalue weighted by Gasteiger charge is 2.36. The van der Waals surface area contributed by atoms with E-state index in [1.165, 1.54) is 22.9 Å². The van der Waals surface area contributed by atoms with E-state index in [1.807, 2.05) is 31.2 Å². The molecule has 2 amide bonds. The first-order valence-electron chi connectivity index (χ1n) is 9.46. The van der Waals surface area contributed by atoms with Crippen LogP contribution in [0.4, 0.5) is 17.2 Å². The standard InChI is InChI=1S/C21H19N5O5/c1-12-19(13-7-9-14(31-2)10-8-13)20-23-21(28)17(25(20)24-12)11-18(27)22-15-5-3-4-6-16(15)26(29)30/h3-10,17H,11H2,1-2H3,(H,22,27)(H,23,28). The highest BCUT2D eigenvalue weighted by atomic mass is 16.6. The van der Waals surface area contributed by atoms with Gasteiger partial charge in [0, 0.05) is 11.6 Å². The highest BCUT2D eigenvalue weighted by molar-refractivity contribution is 6.04. The van der Waals surface area contributed by atoms with Crippen molar-refractivity contribution < 1.29 is 19.2 Å². The zero-order valence-electron chi connectivity index (χ0n) is 16.8. The molecule has 158 valence electrons. The highest BCUT2D eigenvalue weighted by Crippen LogP contribution is 2.38. The van der Waals surface area contributed by atoms with Crippen molar-refractivity contribution >= 4 is 29.0 Å². The number of carbonyl (C=O) groups is 2. The molecule has 1 aliphatic rings. The van der Waals surface area contributed by atoms with Gasteiger partial charge in [-0.15, -0.1) is 0 Å². The van der Waals surface area contributed by atoms with Crippen molar-refractivity contribution in [3.8, 4) is 16.9 Å². The molecular weight excluding hydrogens is 402 g/mol. The normalized spacial score (nSPS) is 14.6. The Labute approximate surface area is 177 Å². The number of nitrogens with one attached hydrogen (secondary N) is 2. The molecular formula is C21H19N5O5. The third-order valence-corrected chi connectivity index (χ3v) is 5.06.